The number of thiazole rings is 1. The number of amides is 1. The average molecular weight is 549 g/mol. The van der Waals surface area contributed by atoms with Crippen molar-refractivity contribution in [3.05, 3.63) is 116 Å². The van der Waals surface area contributed by atoms with Gasteiger partial charge in [0.25, 0.3) is 5.91 Å². The van der Waals surface area contributed by atoms with Crippen molar-refractivity contribution < 1.29 is 9.18 Å². The van der Waals surface area contributed by atoms with Crippen LogP contribution in [0.1, 0.15) is 32.2 Å². The third-order valence-electron chi connectivity index (χ3n) is 6.79. The number of piperazine rings is 1. The Labute approximate surface area is 232 Å². The van der Waals surface area contributed by atoms with Crippen LogP contribution in [0.3, 0.4) is 0 Å². The molecule has 0 N–H and O–H groups in total. The van der Waals surface area contributed by atoms with Gasteiger partial charge in [0.15, 0.2) is 0 Å². The van der Waals surface area contributed by atoms with E-state index in [9.17, 15) is 9.18 Å². The lowest BCUT2D eigenvalue weighted by Gasteiger charge is -2.36. The average Bonchev–Trinajstić information content (AvgIpc) is 3.40. The second kappa shape index (κ2) is 12.1. The number of carbonyl (C=O) groups is 1. The highest BCUT2D eigenvalue weighted by Gasteiger charge is 2.25. The smallest absolute Gasteiger partial charge is 0.273 e. The zero-order valence-corrected chi connectivity index (χ0v) is 22.9. The molecule has 1 fully saturated rings. The zero-order chi connectivity index (χ0) is 26.5. The molecular formula is C30H30ClFN4OS. The molecule has 1 saturated heterocycles. The molecule has 1 amide bonds. The summed E-state index contributed by atoms with van der Waals surface area (Å²) in [5.74, 6) is -0.263. The number of hydrogen-bond donors (Lipinski definition) is 0. The molecule has 2 heterocycles. The molecule has 1 aliphatic heterocycles. The summed E-state index contributed by atoms with van der Waals surface area (Å²) in [6.45, 7) is 6.97. The number of anilines is 1. The molecule has 5 rings (SSSR count). The molecule has 196 valence electrons. The van der Waals surface area contributed by atoms with Crippen molar-refractivity contribution in [3.8, 4) is 0 Å². The van der Waals surface area contributed by atoms with Gasteiger partial charge in [-0.1, -0.05) is 54.1 Å². The highest BCUT2D eigenvalue weighted by Crippen LogP contribution is 2.23. The summed E-state index contributed by atoms with van der Waals surface area (Å²) in [6.07, 6.45) is 0. The molecule has 0 saturated carbocycles. The number of aromatic nitrogens is 1. The normalized spacial score (nSPS) is 13.8. The molecule has 38 heavy (non-hydrogen) atoms. The Balaban J connectivity index is 1.24. The molecule has 4 aromatic rings. The summed E-state index contributed by atoms with van der Waals surface area (Å²) in [5.41, 5.74) is 5.12. The van der Waals surface area contributed by atoms with Gasteiger partial charge in [-0.2, -0.15) is 0 Å². The molecule has 5 nitrogen and oxygen atoms in total. The van der Waals surface area contributed by atoms with Gasteiger partial charge in [0, 0.05) is 55.4 Å². The molecule has 0 bridgehead atoms. The minimum absolute atomic E-state index is 0.0141. The SMILES string of the molecule is Cc1ccccc1N1CCN(C(=O)c2csc(CN(Cc3ccc(F)cc3)Cc3ccc(Cl)cc3)n2)CC1. The third-order valence-corrected chi connectivity index (χ3v) is 7.88. The van der Waals surface area contributed by atoms with E-state index in [0.29, 0.717) is 43.4 Å². The van der Waals surface area contributed by atoms with Crippen LogP contribution in [0.4, 0.5) is 10.1 Å². The topological polar surface area (TPSA) is 39.7 Å². The standard InChI is InChI=1S/C30H30ClFN4OS/c1-22-4-2-3-5-28(22)35-14-16-36(17-15-35)30(37)27-21-38-29(33-27)20-34(18-23-6-10-25(31)11-7-23)19-24-8-12-26(32)13-9-24/h2-13,21H,14-20H2,1H3. The molecule has 1 aromatic heterocycles. The molecule has 0 radical (unpaired) electrons. The van der Waals surface area contributed by atoms with Crippen LogP contribution in [0.25, 0.3) is 0 Å². The number of halogens is 2. The van der Waals surface area contributed by atoms with Crippen LogP contribution in [0.2, 0.25) is 5.02 Å². The predicted molar refractivity (Wildman–Crippen MR) is 152 cm³/mol. The summed E-state index contributed by atoms with van der Waals surface area (Å²) < 4.78 is 13.4. The van der Waals surface area contributed by atoms with E-state index in [0.717, 1.165) is 29.2 Å². The lowest BCUT2D eigenvalue weighted by atomic mass is 10.1. The summed E-state index contributed by atoms with van der Waals surface area (Å²) in [6, 6.07) is 22.7. The van der Waals surface area contributed by atoms with Crippen molar-refractivity contribution in [3.63, 3.8) is 0 Å². The molecule has 1 aliphatic rings. The molecule has 0 spiro atoms. The molecular weight excluding hydrogens is 519 g/mol. The number of benzene rings is 3. The van der Waals surface area contributed by atoms with Crippen molar-refractivity contribution in [2.24, 2.45) is 0 Å². The summed E-state index contributed by atoms with van der Waals surface area (Å²) >= 11 is 7.57. The fourth-order valence-corrected chi connectivity index (χ4v) is 5.70. The van der Waals surface area contributed by atoms with Crippen LogP contribution < -0.4 is 4.90 Å². The van der Waals surface area contributed by atoms with Gasteiger partial charge in [-0.05, 0) is 53.9 Å². The molecule has 0 atom stereocenters. The van der Waals surface area contributed by atoms with Crippen LogP contribution in [-0.4, -0.2) is 46.9 Å². The van der Waals surface area contributed by atoms with Gasteiger partial charge >= 0.3 is 0 Å². The quantitative estimate of drug-likeness (QED) is 0.255. The van der Waals surface area contributed by atoms with E-state index in [1.54, 1.807) is 12.1 Å². The van der Waals surface area contributed by atoms with E-state index in [-0.39, 0.29) is 11.7 Å². The molecule has 8 heteroatoms. The molecule has 3 aromatic carbocycles. The fourth-order valence-electron chi connectivity index (χ4n) is 4.77. The Hall–Kier alpha value is -3.26. The highest BCUT2D eigenvalue weighted by molar-refractivity contribution is 7.09. The Morgan fingerprint density at radius 1 is 0.921 bits per heavy atom. The van der Waals surface area contributed by atoms with Gasteiger partial charge in [-0.15, -0.1) is 11.3 Å². The number of aryl methyl sites for hydroxylation is 1. The van der Waals surface area contributed by atoms with E-state index in [2.05, 4.69) is 41.0 Å². The van der Waals surface area contributed by atoms with Gasteiger partial charge in [-0.25, -0.2) is 9.37 Å². The third kappa shape index (κ3) is 6.59. The van der Waals surface area contributed by atoms with Crippen molar-refractivity contribution in [1.82, 2.24) is 14.8 Å². The fraction of sp³-hybridized carbons (Fsp3) is 0.267. The van der Waals surface area contributed by atoms with Crippen LogP contribution in [-0.2, 0) is 19.6 Å². The monoisotopic (exact) mass is 548 g/mol. The van der Waals surface area contributed by atoms with Crippen LogP contribution in [0, 0.1) is 12.7 Å². The number of para-hydroxylation sites is 1. The zero-order valence-electron chi connectivity index (χ0n) is 21.3. The number of rotatable bonds is 8. The maximum atomic E-state index is 13.4. The lowest BCUT2D eigenvalue weighted by Crippen LogP contribution is -2.49. The molecule has 0 unspecified atom stereocenters. The first kappa shape index (κ1) is 26.4. The van der Waals surface area contributed by atoms with Crippen molar-refractivity contribution >= 4 is 34.5 Å². The van der Waals surface area contributed by atoms with Gasteiger partial charge in [-0.3, -0.25) is 9.69 Å². The maximum absolute atomic E-state index is 13.4. The minimum Gasteiger partial charge on any atom is -0.368 e. The van der Waals surface area contributed by atoms with E-state index < -0.39 is 0 Å². The Kier molecular flexibility index (Phi) is 8.37. The van der Waals surface area contributed by atoms with Gasteiger partial charge < -0.3 is 9.80 Å². The number of hydrogen-bond acceptors (Lipinski definition) is 5. The van der Waals surface area contributed by atoms with Gasteiger partial charge in [0.2, 0.25) is 0 Å². The van der Waals surface area contributed by atoms with Crippen molar-refractivity contribution in [2.45, 2.75) is 26.6 Å². The number of nitrogens with zero attached hydrogens (tertiary/aromatic N) is 4. The predicted octanol–water partition coefficient (Wildman–Crippen LogP) is 6.41. The minimum atomic E-state index is -0.249. The lowest BCUT2D eigenvalue weighted by molar-refractivity contribution is 0.0741. The Morgan fingerprint density at radius 3 is 2.21 bits per heavy atom. The van der Waals surface area contributed by atoms with E-state index >= 15 is 0 Å². The van der Waals surface area contributed by atoms with Crippen molar-refractivity contribution in [2.75, 3.05) is 31.1 Å². The summed E-state index contributed by atoms with van der Waals surface area (Å²) in [7, 11) is 0. The highest BCUT2D eigenvalue weighted by atomic mass is 35.5. The summed E-state index contributed by atoms with van der Waals surface area (Å²) in [5, 5.41) is 3.44. The van der Waals surface area contributed by atoms with Crippen LogP contribution >= 0.6 is 22.9 Å². The Bertz CT molecular complexity index is 1320. The molecule has 0 aliphatic carbocycles. The van der Waals surface area contributed by atoms with E-state index in [4.69, 9.17) is 16.6 Å². The second-order valence-corrected chi connectivity index (χ2v) is 11.0. The van der Waals surface area contributed by atoms with Gasteiger partial charge in [0.1, 0.15) is 16.5 Å². The van der Waals surface area contributed by atoms with Crippen LogP contribution in [0.5, 0.6) is 0 Å². The second-order valence-electron chi connectivity index (χ2n) is 9.59. The van der Waals surface area contributed by atoms with E-state index in [1.807, 2.05) is 34.5 Å². The summed E-state index contributed by atoms with van der Waals surface area (Å²) in [4.78, 5) is 24.4. The van der Waals surface area contributed by atoms with Crippen molar-refractivity contribution in [1.29, 1.82) is 0 Å². The Morgan fingerprint density at radius 2 is 1.55 bits per heavy atom. The largest absolute Gasteiger partial charge is 0.368 e. The first-order valence-corrected chi connectivity index (χ1v) is 14.0. The van der Waals surface area contributed by atoms with Crippen LogP contribution in [0.15, 0.2) is 78.2 Å². The maximum Gasteiger partial charge on any atom is 0.273 e. The van der Waals surface area contributed by atoms with E-state index in [1.165, 1.54) is 34.7 Å². The number of carbonyl (C=O) groups excluding carboxylic acids is 1. The first-order chi connectivity index (χ1) is 18.4. The van der Waals surface area contributed by atoms with Gasteiger partial charge in [0.05, 0.1) is 6.54 Å². The first-order valence-electron chi connectivity index (χ1n) is 12.7.